The normalized spacial score (nSPS) is 12.0. The second-order valence-electron chi connectivity index (χ2n) is 4.30. The van der Waals surface area contributed by atoms with Crippen LogP contribution < -0.4 is 0 Å². The first-order valence-corrected chi connectivity index (χ1v) is 6.16. The van der Waals surface area contributed by atoms with Gasteiger partial charge >= 0.3 is 0 Å². The van der Waals surface area contributed by atoms with Crippen molar-refractivity contribution in [1.82, 2.24) is 0 Å². The monoisotopic (exact) mass is 234 g/mol. The highest BCUT2D eigenvalue weighted by molar-refractivity contribution is 4.52. The highest BCUT2D eigenvalue weighted by Gasteiger charge is 2.13. The number of rotatable bonds is 11. The second-order valence-corrected chi connectivity index (χ2v) is 4.30. The number of hydrogen-bond donors (Lipinski definition) is 2. The van der Waals surface area contributed by atoms with Crippen LogP contribution in [0.3, 0.4) is 0 Å². The molecule has 0 atom stereocenters. The SMILES string of the molecule is CCCOCCCCCCOCC(C)(O)O. The van der Waals surface area contributed by atoms with Gasteiger partial charge in [0.25, 0.3) is 0 Å². The van der Waals surface area contributed by atoms with Crippen LogP contribution in [0.4, 0.5) is 0 Å². The molecule has 0 saturated heterocycles. The zero-order valence-corrected chi connectivity index (χ0v) is 10.6. The summed E-state index contributed by atoms with van der Waals surface area (Å²) >= 11 is 0. The summed E-state index contributed by atoms with van der Waals surface area (Å²) in [6, 6.07) is 0. The van der Waals surface area contributed by atoms with Gasteiger partial charge in [-0.15, -0.1) is 0 Å². The van der Waals surface area contributed by atoms with Crippen molar-refractivity contribution in [3.63, 3.8) is 0 Å². The third kappa shape index (κ3) is 13.8. The fourth-order valence-electron chi connectivity index (χ4n) is 1.27. The molecule has 0 heterocycles. The predicted molar refractivity (Wildman–Crippen MR) is 63.2 cm³/mol. The summed E-state index contributed by atoms with van der Waals surface area (Å²) in [6.45, 7) is 5.69. The fourth-order valence-corrected chi connectivity index (χ4v) is 1.27. The molecule has 0 aromatic carbocycles. The first kappa shape index (κ1) is 15.8. The molecule has 0 aromatic rings. The van der Waals surface area contributed by atoms with E-state index in [0.29, 0.717) is 6.61 Å². The molecule has 0 saturated carbocycles. The van der Waals surface area contributed by atoms with E-state index >= 15 is 0 Å². The standard InChI is InChI=1S/C12H26O4/c1-3-8-15-9-6-4-5-7-10-16-11-12(2,13)14/h13-14H,3-11H2,1-2H3. The molecule has 2 N–H and O–H groups in total. The fraction of sp³-hybridized carbons (Fsp3) is 1.00. The maximum absolute atomic E-state index is 8.95. The summed E-state index contributed by atoms with van der Waals surface area (Å²) in [5, 5.41) is 17.9. The van der Waals surface area contributed by atoms with Gasteiger partial charge in [0.1, 0.15) is 0 Å². The number of aliphatic hydroxyl groups is 2. The molecular weight excluding hydrogens is 208 g/mol. The summed E-state index contributed by atoms with van der Waals surface area (Å²) < 4.78 is 10.5. The van der Waals surface area contributed by atoms with Gasteiger partial charge in [-0.2, -0.15) is 0 Å². The quantitative estimate of drug-likeness (QED) is 0.422. The van der Waals surface area contributed by atoms with E-state index in [1.54, 1.807) is 0 Å². The Morgan fingerprint density at radius 1 is 0.875 bits per heavy atom. The molecule has 0 aromatic heterocycles. The topological polar surface area (TPSA) is 58.9 Å². The lowest BCUT2D eigenvalue weighted by Gasteiger charge is -2.15. The van der Waals surface area contributed by atoms with Crippen LogP contribution in [0, 0.1) is 0 Å². The first-order valence-electron chi connectivity index (χ1n) is 6.16. The Balaban J connectivity index is 2.99. The third-order valence-electron chi connectivity index (χ3n) is 2.05. The van der Waals surface area contributed by atoms with Gasteiger partial charge in [0.05, 0.1) is 6.61 Å². The molecule has 0 aliphatic heterocycles. The van der Waals surface area contributed by atoms with Crippen molar-refractivity contribution in [2.45, 2.75) is 51.7 Å². The van der Waals surface area contributed by atoms with E-state index in [-0.39, 0.29) is 6.61 Å². The van der Waals surface area contributed by atoms with E-state index < -0.39 is 5.79 Å². The van der Waals surface area contributed by atoms with E-state index in [1.165, 1.54) is 6.92 Å². The Bertz CT molecular complexity index is 142. The molecule has 0 aliphatic carbocycles. The molecule has 0 aliphatic rings. The second kappa shape index (κ2) is 10.0. The number of unbranched alkanes of at least 4 members (excludes halogenated alkanes) is 3. The van der Waals surface area contributed by atoms with Gasteiger partial charge in [0.15, 0.2) is 5.79 Å². The number of hydrogen-bond acceptors (Lipinski definition) is 4. The largest absolute Gasteiger partial charge is 0.381 e. The van der Waals surface area contributed by atoms with Crippen LogP contribution in [0.15, 0.2) is 0 Å². The zero-order valence-electron chi connectivity index (χ0n) is 10.6. The molecule has 0 rings (SSSR count). The highest BCUT2D eigenvalue weighted by Crippen LogP contribution is 2.03. The van der Waals surface area contributed by atoms with E-state index in [9.17, 15) is 0 Å². The minimum absolute atomic E-state index is 0.0212. The van der Waals surface area contributed by atoms with E-state index in [4.69, 9.17) is 19.7 Å². The maximum atomic E-state index is 8.95. The van der Waals surface area contributed by atoms with Gasteiger partial charge in [-0.25, -0.2) is 0 Å². The van der Waals surface area contributed by atoms with Crippen LogP contribution >= 0.6 is 0 Å². The summed E-state index contributed by atoms with van der Waals surface area (Å²) in [5.41, 5.74) is 0. The van der Waals surface area contributed by atoms with Crippen LogP contribution in [-0.2, 0) is 9.47 Å². The van der Waals surface area contributed by atoms with Crippen LogP contribution in [0.2, 0.25) is 0 Å². The Hall–Kier alpha value is -0.160. The first-order chi connectivity index (χ1) is 7.56. The molecule has 4 heteroatoms. The van der Waals surface area contributed by atoms with Gasteiger partial charge in [-0.1, -0.05) is 19.8 Å². The summed E-state index contributed by atoms with van der Waals surface area (Å²) in [6.07, 6.45) is 5.38. The lowest BCUT2D eigenvalue weighted by Crippen LogP contribution is -2.29. The van der Waals surface area contributed by atoms with Crippen LogP contribution in [0.1, 0.15) is 46.0 Å². The predicted octanol–water partition coefficient (Wildman–Crippen LogP) is 1.69. The lowest BCUT2D eigenvalue weighted by molar-refractivity contribution is -0.183. The molecule has 0 radical (unpaired) electrons. The molecule has 0 amide bonds. The molecule has 16 heavy (non-hydrogen) atoms. The molecule has 4 nitrogen and oxygen atoms in total. The lowest BCUT2D eigenvalue weighted by atomic mass is 10.2. The molecule has 0 bridgehead atoms. The van der Waals surface area contributed by atoms with Gasteiger partial charge in [-0.3, -0.25) is 0 Å². The van der Waals surface area contributed by atoms with Crippen molar-refractivity contribution < 1.29 is 19.7 Å². The van der Waals surface area contributed by atoms with Gasteiger partial charge in [0.2, 0.25) is 0 Å². The smallest absolute Gasteiger partial charge is 0.183 e. The highest BCUT2D eigenvalue weighted by atomic mass is 16.6. The van der Waals surface area contributed by atoms with Crippen LogP contribution in [-0.4, -0.2) is 42.4 Å². The molecule has 0 fully saturated rings. The summed E-state index contributed by atoms with van der Waals surface area (Å²) in [5.74, 6) is -1.70. The van der Waals surface area contributed by atoms with Crippen molar-refractivity contribution in [1.29, 1.82) is 0 Å². The van der Waals surface area contributed by atoms with Crippen molar-refractivity contribution in [2.24, 2.45) is 0 Å². The van der Waals surface area contributed by atoms with Crippen molar-refractivity contribution in [3.05, 3.63) is 0 Å². The Kier molecular flexibility index (Phi) is 9.92. The van der Waals surface area contributed by atoms with Crippen LogP contribution in [0.25, 0.3) is 0 Å². The average Bonchev–Trinajstić information content (AvgIpc) is 2.19. The minimum atomic E-state index is -1.70. The Morgan fingerprint density at radius 3 is 1.94 bits per heavy atom. The van der Waals surface area contributed by atoms with Crippen molar-refractivity contribution in [2.75, 3.05) is 26.4 Å². The summed E-state index contributed by atoms with van der Waals surface area (Å²) in [7, 11) is 0. The maximum Gasteiger partial charge on any atom is 0.183 e. The van der Waals surface area contributed by atoms with Crippen molar-refractivity contribution in [3.8, 4) is 0 Å². The Labute approximate surface area is 98.6 Å². The van der Waals surface area contributed by atoms with Crippen LogP contribution in [0.5, 0.6) is 0 Å². The van der Waals surface area contributed by atoms with E-state index in [1.807, 2.05) is 0 Å². The van der Waals surface area contributed by atoms with Gasteiger partial charge in [-0.05, 0) is 26.2 Å². The molecule has 0 spiro atoms. The third-order valence-corrected chi connectivity index (χ3v) is 2.05. The molecule has 98 valence electrons. The van der Waals surface area contributed by atoms with E-state index in [0.717, 1.165) is 45.3 Å². The van der Waals surface area contributed by atoms with Crippen molar-refractivity contribution >= 4 is 0 Å². The summed E-state index contributed by atoms with van der Waals surface area (Å²) in [4.78, 5) is 0. The minimum Gasteiger partial charge on any atom is -0.381 e. The van der Waals surface area contributed by atoms with Gasteiger partial charge in [0, 0.05) is 19.8 Å². The molecule has 0 unspecified atom stereocenters. The average molecular weight is 234 g/mol. The molecular formula is C12H26O4. The number of ether oxygens (including phenoxy) is 2. The van der Waals surface area contributed by atoms with E-state index in [2.05, 4.69) is 6.92 Å². The Morgan fingerprint density at radius 2 is 1.44 bits per heavy atom. The zero-order chi connectivity index (χ0) is 12.3. The van der Waals surface area contributed by atoms with Gasteiger partial charge < -0.3 is 19.7 Å².